The number of hydrogen-bond donors (Lipinski definition) is 2. The fraction of sp³-hybridized carbons (Fsp3) is 0.0556. The van der Waals surface area contributed by atoms with Gasteiger partial charge in [0.15, 0.2) is 5.78 Å². The predicted octanol–water partition coefficient (Wildman–Crippen LogP) is 3.03. The number of fused-ring (bicyclic) bond motifs is 1. The zero-order valence-corrected chi connectivity index (χ0v) is 13.3. The summed E-state index contributed by atoms with van der Waals surface area (Å²) in [4.78, 5) is 12.7. The van der Waals surface area contributed by atoms with Gasteiger partial charge in [0.2, 0.25) is 0 Å². The van der Waals surface area contributed by atoms with E-state index in [0.717, 1.165) is 0 Å². The average Bonchev–Trinajstić information content (AvgIpc) is 2.54. The van der Waals surface area contributed by atoms with Crippen LogP contribution in [-0.2, 0) is 16.5 Å². The SMILES string of the molecule is O=C(c1ccccc1F)c1c(O)ccc2cc(C[SH](=O)=O)ccc12. The number of aromatic hydroxyl groups is 1. The van der Waals surface area contributed by atoms with Crippen LogP contribution in [0.1, 0.15) is 21.5 Å². The van der Waals surface area contributed by atoms with E-state index < -0.39 is 22.3 Å². The first-order valence-corrected chi connectivity index (χ1v) is 8.49. The molecule has 3 aromatic carbocycles. The zero-order valence-electron chi connectivity index (χ0n) is 12.4. The number of phenolic OH excluding ortho intramolecular Hbond substituents is 1. The molecule has 122 valence electrons. The lowest BCUT2D eigenvalue weighted by molar-refractivity contribution is 0.103. The van der Waals surface area contributed by atoms with Crippen molar-refractivity contribution in [2.75, 3.05) is 0 Å². The maximum absolute atomic E-state index is 13.9. The van der Waals surface area contributed by atoms with Gasteiger partial charge in [-0.25, -0.2) is 12.8 Å². The van der Waals surface area contributed by atoms with Gasteiger partial charge in [-0.1, -0.05) is 36.4 Å². The lowest BCUT2D eigenvalue weighted by atomic mass is 9.95. The van der Waals surface area contributed by atoms with Gasteiger partial charge in [-0.3, -0.25) is 4.79 Å². The highest BCUT2D eigenvalue weighted by molar-refractivity contribution is 7.71. The lowest BCUT2D eigenvalue weighted by Crippen LogP contribution is -2.05. The van der Waals surface area contributed by atoms with E-state index in [4.69, 9.17) is 0 Å². The molecule has 0 radical (unpaired) electrons. The minimum absolute atomic E-state index is 0.00402. The Kier molecular flexibility index (Phi) is 4.31. The fourth-order valence-corrected chi connectivity index (χ4v) is 3.13. The Morgan fingerprint density at radius 1 is 1.04 bits per heavy atom. The average molecular weight is 344 g/mol. The highest BCUT2D eigenvalue weighted by Crippen LogP contribution is 2.30. The summed E-state index contributed by atoms with van der Waals surface area (Å²) in [5.41, 5.74) is 0.441. The summed E-state index contributed by atoms with van der Waals surface area (Å²) < 4.78 is 35.6. The van der Waals surface area contributed by atoms with Gasteiger partial charge in [-0.15, -0.1) is 0 Å². The van der Waals surface area contributed by atoms with Gasteiger partial charge in [-0.2, -0.15) is 0 Å². The van der Waals surface area contributed by atoms with Gasteiger partial charge in [-0.05, 0) is 34.5 Å². The molecule has 0 saturated carbocycles. The quantitative estimate of drug-likeness (QED) is 0.564. The van der Waals surface area contributed by atoms with E-state index in [1.165, 1.54) is 24.3 Å². The molecule has 0 atom stereocenters. The van der Waals surface area contributed by atoms with Gasteiger partial charge < -0.3 is 5.11 Å². The Morgan fingerprint density at radius 2 is 1.79 bits per heavy atom. The first kappa shape index (κ1) is 16.1. The molecule has 0 heterocycles. The molecule has 0 unspecified atom stereocenters. The smallest absolute Gasteiger partial charge is 0.200 e. The van der Waals surface area contributed by atoms with Crippen molar-refractivity contribution in [3.05, 3.63) is 77.1 Å². The Morgan fingerprint density at radius 3 is 2.50 bits per heavy atom. The Hall–Kier alpha value is -2.73. The van der Waals surface area contributed by atoms with Gasteiger partial charge >= 0.3 is 0 Å². The van der Waals surface area contributed by atoms with Crippen molar-refractivity contribution in [2.45, 2.75) is 5.75 Å². The Bertz CT molecular complexity index is 1020. The van der Waals surface area contributed by atoms with Crippen LogP contribution < -0.4 is 0 Å². The van der Waals surface area contributed by atoms with E-state index in [1.54, 1.807) is 30.3 Å². The lowest BCUT2D eigenvalue weighted by Gasteiger charge is -2.10. The molecule has 3 aromatic rings. The monoisotopic (exact) mass is 344 g/mol. The first-order chi connectivity index (χ1) is 11.5. The number of thiol groups is 1. The van der Waals surface area contributed by atoms with Crippen molar-refractivity contribution < 1.29 is 22.7 Å². The molecule has 1 N–H and O–H groups in total. The van der Waals surface area contributed by atoms with Crippen LogP contribution in [0.3, 0.4) is 0 Å². The molecule has 4 nitrogen and oxygen atoms in total. The zero-order chi connectivity index (χ0) is 17.3. The minimum atomic E-state index is -2.56. The van der Waals surface area contributed by atoms with Gasteiger partial charge in [0, 0.05) is 0 Å². The Labute approximate surface area is 139 Å². The third kappa shape index (κ3) is 3.00. The third-order valence-corrected chi connectivity index (χ3v) is 4.34. The normalized spacial score (nSPS) is 11.1. The molecule has 0 aliphatic rings. The summed E-state index contributed by atoms with van der Waals surface area (Å²) in [7, 11) is -2.56. The molecule has 0 aromatic heterocycles. The van der Waals surface area contributed by atoms with Crippen LogP contribution in [-0.4, -0.2) is 19.3 Å². The van der Waals surface area contributed by atoms with Crippen molar-refractivity contribution in [1.29, 1.82) is 0 Å². The van der Waals surface area contributed by atoms with Gasteiger partial charge in [0.05, 0.1) is 16.9 Å². The van der Waals surface area contributed by atoms with E-state index in [9.17, 15) is 22.7 Å². The van der Waals surface area contributed by atoms with Crippen LogP contribution in [0.4, 0.5) is 4.39 Å². The fourth-order valence-electron chi connectivity index (χ4n) is 2.63. The molecule has 0 spiro atoms. The van der Waals surface area contributed by atoms with Crippen molar-refractivity contribution in [1.82, 2.24) is 0 Å². The van der Waals surface area contributed by atoms with Gasteiger partial charge in [0.1, 0.15) is 22.3 Å². The van der Waals surface area contributed by atoms with Crippen LogP contribution in [0.5, 0.6) is 5.75 Å². The second-order valence-corrected chi connectivity index (χ2v) is 6.30. The largest absolute Gasteiger partial charge is 0.507 e. The molecule has 0 fully saturated rings. The Balaban J connectivity index is 2.18. The van der Waals surface area contributed by atoms with E-state index in [2.05, 4.69) is 0 Å². The van der Waals surface area contributed by atoms with E-state index in [-0.39, 0.29) is 22.6 Å². The highest BCUT2D eigenvalue weighted by Gasteiger charge is 2.20. The van der Waals surface area contributed by atoms with Crippen molar-refractivity contribution in [3.8, 4) is 5.75 Å². The van der Waals surface area contributed by atoms with Crippen LogP contribution in [0.25, 0.3) is 10.8 Å². The summed E-state index contributed by atoms with van der Waals surface area (Å²) >= 11 is 0. The topological polar surface area (TPSA) is 71.4 Å². The number of hydrogen-bond acceptors (Lipinski definition) is 4. The second-order valence-electron chi connectivity index (χ2n) is 5.31. The summed E-state index contributed by atoms with van der Waals surface area (Å²) in [6.07, 6.45) is 0. The number of ketones is 1. The van der Waals surface area contributed by atoms with Crippen LogP contribution in [0.15, 0.2) is 54.6 Å². The summed E-state index contributed by atoms with van der Waals surface area (Å²) in [6.45, 7) is 0. The maximum atomic E-state index is 13.9. The molecule has 0 amide bonds. The van der Waals surface area contributed by atoms with Crippen LogP contribution in [0, 0.1) is 5.82 Å². The molecule has 6 heteroatoms. The maximum Gasteiger partial charge on any atom is 0.200 e. The second kappa shape index (κ2) is 6.41. The molecule has 0 bridgehead atoms. The third-order valence-electron chi connectivity index (χ3n) is 3.72. The minimum Gasteiger partial charge on any atom is -0.507 e. The van der Waals surface area contributed by atoms with E-state index in [1.807, 2.05) is 0 Å². The van der Waals surface area contributed by atoms with E-state index in [0.29, 0.717) is 16.3 Å². The summed E-state index contributed by atoms with van der Waals surface area (Å²) in [5, 5.41) is 11.1. The predicted molar refractivity (Wildman–Crippen MR) is 89.5 cm³/mol. The summed E-state index contributed by atoms with van der Waals surface area (Å²) in [6, 6.07) is 13.3. The molecule has 0 aliphatic carbocycles. The number of halogens is 1. The molecule has 24 heavy (non-hydrogen) atoms. The van der Waals surface area contributed by atoms with Gasteiger partial charge in [0.25, 0.3) is 0 Å². The number of rotatable bonds is 4. The van der Waals surface area contributed by atoms with Crippen molar-refractivity contribution in [3.63, 3.8) is 0 Å². The molecule has 0 aliphatic heterocycles. The van der Waals surface area contributed by atoms with Crippen LogP contribution >= 0.6 is 0 Å². The number of phenols is 1. The van der Waals surface area contributed by atoms with E-state index >= 15 is 0 Å². The molecular formula is C18H13FO4S. The molecular weight excluding hydrogens is 331 g/mol. The number of benzene rings is 3. The highest BCUT2D eigenvalue weighted by atomic mass is 32.2. The van der Waals surface area contributed by atoms with Crippen LogP contribution in [0.2, 0.25) is 0 Å². The molecule has 3 rings (SSSR count). The number of carbonyl (C=O) groups is 1. The van der Waals surface area contributed by atoms with Crippen molar-refractivity contribution >= 4 is 27.3 Å². The first-order valence-electron chi connectivity index (χ1n) is 7.13. The molecule has 0 saturated heterocycles. The van der Waals surface area contributed by atoms with Crippen molar-refractivity contribution in [2.24, 2.45) is 0 Å². The summed E-state index contributed by atoms with van der Waals surface area (Å²) in [5.74, 6) is -1.65. The number of carbonyl (C=O) groups excluding carboxylic acids is 1. The standard InChI is InChI=1S/C18H13FO4S/c19-15-4-2-1-3-14(15)18(21)17-13-7-5-11(10-24(22)23)9-12(13)6-8-16(17)20/h1-9,20,24H,10H2.